The Kier molecular flexibility index (Phi) is 6.55. The molecular weight excluding hydrogens is 579 g/mol. The van der Waals surface area contributed by atoms with Gasteiger partial charge in [-0.25, -0.2) is 0 Å². The normalized spacial score (nSPS) is 13.0. The molecule has 0 amide bonds. The Labute approximate surface area is 282 Å². The molecule has 1 heteroatoms. The molecule has 1 nitrogen and oxygen atoms in total. The zero-order valence-corrected chi connectivity index (χ0v) is 27.2. The zero-order valence-electron chi connectivity index (χ0n) is 27.2. The van der Waals surface area contributed by atoms with Crippen molar-refractivity contribution in [2.45, 2.75) is 19.3 Å². The van der Waals surface area contributed by atoms with Crippen LogP contribution in [0.3, 0.4) is 0 Å². The molecule has 0 N–H and O–H groups in total. The SMILES string of the molecule is CC1(C)c2ccccc2-c2ccc(N(c3ccc(-c4cccc5ccccc45)cc3)c3ccc(-c4cccc5ccccc45)cc3)cc21. The van der Waals surface area contributed by atoms with Crippen LogP contribution in [0, 0.1) is 0 Å². The molecule has 0 saturated heterocycles. The van der Waals surface area contributed by atoms with Gasteiger partial charge in [0.05, 0.1) is 0 Å². The first-order valence-electron chi connectivity index (χ1n) is 16.8. The van der Waals surface area contributed by atoms with E-state index in [0.29, 0.717) is 0 Å². The third-order valence-electron chi connectivity index (χ3n) is 10.3. The molecule has 8 aromatic rings. The predicted octanol–water partition coefficient (Wildman–Crippen LogP) is 13.1. The number of rotatable bonds is 5. The molecule has 0 aliphatic heterocycles. The van der Waals surface area contributed by atoms with Crippen LogP contribution in [0.4, 0.5) is 17.1 Å². The van der Waals surface area contributed by atoms with Crippen LogP contribution >= 0.6 is 0 Å². The standard InChI is InChI=1S/C47H35N/c1-47(2)45-20-8-7-17-43(45)44-30-29-38(31-46(44)47)48(36-25-21-34(22-26-36)41-18-9-13-32-11-3-5-15-39(32)41)37-27-23-35(24-28-37)42-19-10-14-33-12-4-6-16-40(33)42/h3-31H,1-2H3. The van der Waals surface area contributed by atoms with Gasteiger partial charge in [-0.1, -0.05) is 153 Å². The molecule has 8 aromatic carbocycles. The molecule has 0 atom stereocenters. The van der Waals surface area contributed by atoms with E-state index >= 15 is 0 Å². The fourth-order valence-electron chi connectivity index (χ4n) is 7.81. The second-order valence-corrected chi connectivity index (χ2v) is 13.4. The van der Waals surface area contributed by atoms with E-state index in [1.807, 2.05) is 0 Å². The predicted molar refractivity (Wildman–Crippen MR) is 205 cm³/mol. The highest BCUT2D eigenvalue weighted by molar-refractivity contribution is 5.98. The molecule has 1 aliphatic carbocycles. The smallest absolute Gasteiger partial charge is 0.0465 e. The summed E-state index contributed by atoms with van der Waals surface area (Å²) < 4.78 is 0. The molecule has 1 aliphatic rings. The fourth-order valence-corrected chi connectivity index (χ4v) is 7.81. The van der Waals surface area contributed by atoms with Crippen molar-refractivity contribution >= 4 is 38.6 Å². The van der Waals surface area contributed by atoms with Crippen molar-refractivity contribution in [2.75, 3.05) is 4.90 Å². The van der Waals surface area contributed by atoms with Gasteiger partial charge >= 0.3 is 0 Å². The average Bonchev–Trinajstić information content (AvgIpc) is 3.37. The Morgan fingerprint density at radius 3 is 1.38 bits per heavy atom. The molecule has 0 spiro atoms. The number of anilines is 3. The lowest BCUT2D eigenvalue weighted by Crippen LogP contribution is -2.16. The minimum absolute atomic E-state index is 0.0793. The van der Waals surface area contributed by atoms with Crippen molar-refractivity contribution in [1.82, 2.24) is 0 Å². The Morgan fingerprint density at radius 1 is 0.354 bits per heavy atom. The Hall–Kier alpha value is -5.92. The summed E-state index contributed by atoms with van der Waals surface area (Å²) in [6.07, 6.45) is 0. The Bertz CT molecular complexity index is 2330. The Morgan fingerprint density at radius 2 is 0.792 bits per heavy atom. The summed E-state index contributed by atoms with van der Waals surface area (Å²) in [6, 6.07) is 64.4. The van der Waals surface area contributed by atoms with E-state index in [9.17, 15) is 0 Å². The summed E-state index contributed by atoms with van der Waals surface area (Å²) in [5.74, 6) is 0. The van der Waals surface area contributed by atoms with Crippen LogP contribution in [-0.2, 0) is 5.41 Å². The van der Waals surface area contributed by atoms with E-state index < -0.39 is 0 Å². The monoisotopic (exact) mass is 613 g/mol. The third kappa shape index (κ3) is 4.54. The van der Waals surface area contributed by atoms with Crippen molar-refractivity contribution in [3.63, 3.8) is 0 Å². The van der Waals surface area contributed by atoms with Crippen molar-refractivity contribution in [2.24, 2.45) is 0 Å². The quantitative estimate of drug-likeness (QED) is 0.187. The largest absolute Gasteiger partial charge is 0.310 e. The topological polar surface area (TPSA) is 3.24 Å². The molecule has 0 fully saturated rings. The molecule has 9 rings (SSSR count). The summed E-state index contributed by atoms with van der Waals surface area (Å²) in [6.45, 7) is 4.70. The summed E-state index contributed by atoms with van der Waals surface area (Å²) in [5.41, 5.74) is 13.7. The summed E-state index contributed by atoms with van der Waals surface area (Å²) in [7, 11) is 0. The maximum atomic E-state index is 2.41. The Balaban J connectivity index is 1.17. The van der Waals surface area contributed by atoms with Crippen molar-refractivity contribution < 1.29 is 0 Å². The zero-order chi connectivity index (χ0) is 32.2. The van der Waals surface area contributed by atoms with Crippen LogP contribution in [0.15, 0.2) is 176 Å². The van der Waals surface area contributed by atoms with Crippen molar-refractivity contribution in [1.29, 1.82) is 0 Å². The minimum Gasteiger partial charge on any atom is -0.310 e. The number of nitrogens with zero attached hydrogens (tertiary/aromatic N) is 1. The van der Waals surface area contributed by atoms with Gasteiger partial charge in [0, 0.05) is 22.5 Å². The van der Waals surface area contributed by atoms with Gasteiger partial charge in [-0.3, -0.25) is 0 Å². The first-order valence-corrected chi connectivity index (χ1v) is 16.8. The van der Waals surface area contributed by atoms with E-state index in [1.165, 1.54) is 66.1 Å². The highest BCUT2D eigenvalue weighted by Gasteiger charge is 2.35. The van der Waals surface area contributed by atoms with Gasteiger partial charge in [-0.05, 0) is 102 Å². The number of hydrogen-bond donors (Lipinski definition) is 0. The van der Waals surface area contributed by atoms with E-state index in [1.54, 1.807) is 0 Å². The van der Waals surface area contributed by atoms with Crippen LogP contribution in [-0.4, -0.2) is 0 Å². The van der Waals surface area contributed by atoms with E-state index in [4.69, 9.17) is 0 Å². The first-order chi connectivity index (χ1) is 23.6. The van der Waals surface area contributed by atoms with Crippen LogP contribution in [0.2, 0.25) is 0 Å². The van der Waals surface area contributed by atoms with Crippen LogP contribution in [0.1, 0.15) is 25.0 Å². The van der Waals surface area contributed by atoms with Gasteiger partial charge in [0.25, 0.3) is 0 Å². The summed E-state index contributed by atoms with van der Waals surface area (Å²) >= 11 is 0. The molecule has 0 bridgehead atoms. The third-order valence-corrected chi connectivity index (χ3v) is 10.3. The highest BCUT2D eigenvalue weighted by atomic mass is 15.1. The lowest BCUT2D eigenvalue weighted by atomic mass is 9.82. The second-order valence-electron chi connectivity index (χ2n) is 13.4. The fraction of sp³-hybridized carbons (Fsp3) is 0.0638. The first kappa shape index (κ1) is 28.3. The molecule has 0 radical (unpaired) electrons. The molecule has 48 heavy (non-hydrogen) atoms. The van der Waals surface area contributed by atoms with Crippen LogP contribution in [0.5, 0.6) is 0 Å². The highest BCUT2D eigenvalue weighted by Crippen LogP contribution is 2.50. The summed E-state index contributed by atoms with van der Waals surface area (Å²) in [5, 5.41) is 5.06. The van der Waals surface area contributed by atoms with Crippen LogP contribution < -0.4 is 4.90 Å². The molecule has 0 heterocycles. The van der Waals surface area contributed by atoms with Crippen molar-refractivity contribution in [3.05, 3.63) is 187 Å². The number of fused-ring (bicyclic) bond motifs is 5. The van der Waals surface area contributed by atoms with Gasteiger partial charge in [0.15, 0.2) is 0 Å². The summed E-state index contributed by atoms with van der Waals surface area (Å²) in [4.78, 5) is 2.40. The van der Waals surface area contributed by atoms with E-state index in [0.717, 1.165) is 17.1 Å². The molecule has 0 saturated carbocycles. The van der Waals surface area contributed by atoms with Crippen LogP contribution in [0.25, 0.3) is 54.9 Å². The van der Waals surface area contributed by atoms with Gasteiger partial charge in [-0.2, -0.15) is 0 Å². The van der Waals surface area contributed by atoms with Crippen molar-refractivity contribution in [3.8, 4) is 33.4 Å². The van der Waals surface area contributed by atoms with Gasteiger partial charge in [-0.15, -0.1) is 0 Å². The molecule has 0 aromatic heterocycles. The molecule has 228 valence electrons. The minimum atomic E-state index is -0.0793. The number of hydrogen-bond acceptors (Lipinski definition) is 1. The average molecular weight is 614 g/mol. The van der Waals surface area contributed by atoms with E-state index in [-0.39, 0.29) is 5.41 Å². The van der Waals surface area contributed by atoms with E-state index in [2.05, 4.69) is 195 Å². The van der Waals surface area contributed by atoms with Gasteiger partial charge in [0.2, 0.25) is 0 Å². The lowest BCUT2D eigenvalue weighted by Gasteiger charge is -2.28. The maximum absolute atomic E-state index is 2.41. The maximum Gasteiger partial charge on any atom is 0.0465 e. The van der Waals surface area contributed by atoms with Gasteiger partial charge in [0.1, 0.15) is 0 Å². The lowest BCUT2D eigenvalue weighted by molar-refractivity contribution is 0.660. The molecular formula is C47H35N. The van der Waals surface area contributed by atoms with Gasteiger partial charge < -0.3 is 4.90 Å². The number of benzene rings is 8. The molecule has 0 unspecified atom stereocenters. The second kappa shape index (κ2) is 11.1.